The highest BCUT2D eigenvalue weighted by Gasteiger charge is 2.30. The smallest absolute Gasteiger partial charge is 0.242 e. The van der Waals surface area contributed by atoms with Crippen LogP contribution in [0, 0.1) is 0 Å². The third kappa shape index (κ3) is 8.46. The monoisotopic (exact) mass is 571 g/mol. The Morgan fingerprint density at radius 2 is 1.59 bits per heavy atom. The quantitative estimate of drug-likeness (QED) is 0.330. The van der Waals surface area contributed by atoms with Crippen molar-refractivity contribution in [3.8, 4) is 5.75 Å². The maximum absolute atomic E-state index is 13.6. The van der Waals surface area contributed by atoms with Crippen molar-refractivity contribution in [2.24, 2.45) is 0 Å². The molecule has 0 aromatic heterocycles. The van der Waals surface area contributed by atoms with Gasteiger partial charge in [-0.2, -0.15) is 0 Å². The van der Waals surface area contributed by atoms with Gasteiger partial charge in [0, 0.05) is 33.0 Å². The maximum atomic E-state index is 13.6. The molecule has 0 radical (unpaired) electrons. The Morgan fingerprint density at radius 3 is 2.13 bits per heavy atom. The summed E-state index contributed by atoms with van der Waals surface area (Å²) in [7, 11) is -0.621. The van der Waals surface area contributed by atoms with E-state index in [0.29, 0.717) is 17.9 Å². The molecule has 3 aromatic carbocycles. The predicted octanol–water partition coefficient (Wildman–Crippen LogP) is 4.28. The number of ether oxygens (including phenoxy) is 1. The average Bonchev–Trinajstić information content (AvgIpc) is 2.93. The van der Waals surface area contributed by atoms with E-state index in [0.717, 1.165) is 17.4 Å². The molecule has 0 saturated heterocycles. The highest BCUT2D eigenvalue weighted by molar-refractivity contribution is 7.92. The van der Waals surface area contributed by atoms with Crippen LogP contribution in [0.15, 0.2) is 78.9 Å². The van der Waals surface area contributed by atoms with E-state index in [4.69, 9.17) is 16.3 Å². The van der Waals surface area contributed by atoms with E-state index in [-0.39, 0.29) is 42.8 Å². The Balaban J connectivity index is 1.83. The average molecular weight is 572 g/mol. The molecule has 0 heterocycles. The Hall–Kier alpha value is -3.56. The van der Waals surface area contributed by atoms with Gasteiger partial charge in [-0.05, 0) is 35.7 Å². The third-order valence-corrected chi connectivity index (χ3v) is 7.78. The SMILES string of the molecule is CNC(=O)[C@H](Cc1ccccc1)N(Cc1ccccc1)C(=O)CCCN(c1ccc(OC)c(Cl)c1)S(C)(=O)=O. The lowest BCUT2D eigenvalue weighted by atomic mass is 10.0. The lowest BCUT2D eigenvalue weighted by Crippen LogP contribution is -2.49. The number of benzene rings is 3. The minimum Gasteiger partial charge on any atom is -0.495 e. The molecule has 2 amide bonds. The van der Waals surface area contributed by atoms with Gasteiger partial charge < -0.3 is 15.0 Å². The van der Waals surface area contributed by atoms with Crippen molar-refractivity contribution in [3.63, 3.8) is 0 Å². The maximum Gasteiger partial charge on any atom is 0.242 e. The first kappa shape index (κ1) is 30.0. The van der Waals surface area contributed by atoms with E-state index in [9.17, 15) is 18.0 Å². The van der Waals surface area contributed by atoms with Crippen molar-refractivity contribution < 1.29 is 22.7 Å². The molecule has 208 valence electrons. The molecule has 10 heteroatoms. The zero-order valence-corrected chi connectivity index (χ0v) is 23.9. The number of nitrogens with one attached hydrogen (secondary N) is 1. The minimum absolute atomic E-state index is 0.0467. The molecule has 0 aliphatic heterocycles. The van der Waals surface area contributed by atoms with E-state index < -0.39 is 16.1 Å². The van der Waals surface area contributed by atoms with Crippen LogP contribution in [0.2, 0.25) is 5.02 Å². The molecule has 1 N–H and O–H groups in total. The van der Waals surface area contributed by atoms with Gasteiger partial charge in [-0.15, -0.1) is 0 Å². The second-order valence-electron chi connectivity index (χ2n) is 9.08. The molecule has 0 aliphatic carbocycles. The van der Waals surface area contributed by atoms with Crippen LogP contribution in [0.4, 0.5) is 5.69 Å². The standard InChI is InChI=1S/C29H34ClN3O5S/c1-31-29(35)26(19-22-11-6-4-7-12-22)32(21-23-13-8-5-9-14-23)28(34)15-10-18-33(39(3,36)37)24-16-17-27(38-2)25(30)20-24/h4-9,11-14,16-17,20,26H,10,15,18-19,21H2,1-3H3,(H,31,35)/t26-/m0/s1. The summed E-state index contributed by atoms with van der Waals surface area (Å²) in [5, 5.41) is 2.97. The summed E-state index contributed by atoms with van der Waals surface area (Å²) in [5.41, 5.74) is 2.19. The van der Waals surface area contributed by atoms with Gasteiger partial charge in [0.2, 0.25) is 21.8 Å². The predicted molar refractivity (Wildman–Crippen MR) is 154 cm³/mol. The lowest BCUT2D eigenvalue weighted by molar-refractivity contribution is -0.141. The minimum atomic E-state index is -3.65. The molecule has 39 heavy (non-hydrogen) atoms. The van der Waals surface area contributed by atoms with Crippen LogP contribution in [-0.4, -0.2) is 58.1 Å². The summed E-state index contributed by atoms with van der Waals surface area (Å²) < 4.78 is 31.6. The number of methoxy groups -OCH3 is 1. The molecule has 0 saturated carbocycles. The van der Waals surface area contributed by atoms with E-state index in [1.54, 1.807) is 24.1 Å². The van der Waals surface area contributed by atoms with Crippen molar-refractivity contribution in [1.82, 2.24) is 10.2 Å². The van der Waals surface area contributed by atoms with Gasteiger partial charge in [0.05, 0.1) is 24.1 Å². The second kappa shape index (κ2) is 14.0. The fraction of sp³-hybridized carbons (Fsp3) is 0.310. The lowest BCUT2D eigenvalue weighted by Gasteiger charge is -2.31. The molecule has 0 spiro atoms. The molecule has 0 fully saturated rings. The number of carbonyl (C=O) groups excluding carboxylic acids is 2. The number of carbonyl (C=O) groups is 2. The van der Waals surface area contributed by atoms with E-state index >= 15 is 0 Å². The largest absolute Gasteiger partial charge is 0.495 e. The topological polar surface area (TPSA) is 96.0 Å². The summed E-state index contributed by atoms with van der Waals surface area (Å²) in [6.45, 7) is 0.310. The first-order chi connectivity index (χ1) is 18.6. The molecule has 0 unspecified atom stereocenters. The molecule has 1 atom stereocenters. The van der Waals surface area contributed by atoms with Crippen molar-refractivity contribution in [1.29, 1.82) is 0 Å². The fourth-order valence-corrected chi connectivity index (χ4v) is 5.52. The highest BCUT2D eigenvalue weighted by atomic mass is 35.5. The number of hydrogen-bond donors (Lipinski definition) is 1. The number of halogens is 1. The number of sulfonamides is 1. The van der Waals surface area contributed by atoms with Gasteiger partial charge in [-0.3, -0.25) is 13.9 Å². The van der Waals surface area contributed by atoms with Crippen LogP contribution in [-0.2, 0) is 32.6 Å². The molecule has 3 aromatic rings. The zero-order chi connectivity index (χ0) is 28.4. The molecular weight excluding hydrogens is 538 g/mol. The first-order valence-electron chi connectivity index (χ1n) is 12.5. The Morgan fingerprint density at radius 1 is 0.974 bits per heavy atom. The van der Waals surface area contributed by atoms with Crippen LogP contribution < -0.4 is 14.4 Å². The summed E-state index contributed by atoms with van der Waals surface area (Å²) in [4.78, 5) is 28.2. The normalized spacial score (nSPS) is 11.9. The first-order valence-corrected chi connectivity index (χ1v) is 14.8. The van der Waals surface area contributed by atoms with Crippen LogP contribution in [0.3, 0.4) is 0 Å². The fourth-order valence-electron chi connectivity index (χ4n) is 4.32. The van der Waals surface area contributed by atoms with E-state index in [1.807, 2.05) is 60.7 Å². The number of rotatable bonds is 13. The van der Waals surface area contributed by atoms with Gasteiger partial charge in [0.25, 0.3) is 0 Å². The number of anilines is 1. The zero-order valence-electron chi connectivity index (χ0n) is 22.3. The van der Waals surface area contributed by atoms with Crippen LogP contribution in [0.5, 0.6) is 5.75 Å². The molecule has 3 rings (SSSR count). The van der Waals surface area contributed by atoms with Crippen molar-refractivity contribution in [2.45, 2.75) is 31.8 Å². The number of nitrogens with zero attached hydrogens (tertiary/aromatic N) is 2. The number of hydrogen-bond acceptors (Lipinski definition) is 5. The number of amides is 2. The molecule has 0 aliphatic rings. The van der Waals surface area contributed by atoms with Crippen molar-refractivity contribution >= 4 is 39.1 Å². The summed E-state index contributed by atoms with van der Waals surface area (Å²) in [6, 6.07) is 23.0. The Labute approximate surface area is 235 Å². The van der Waals surface area contributed by atoms with Gasteiger partial charge in [-0.1, -0.05) is 72.3 Å². The second-order valence-corrected chi connectivity index (χ2v) is 11.4. The van der Waals surface area contributed by atoms with Crippen LogP contribution in [0.25, 0.3) is 0 Å². The van der Waals surface area contributed by atoms with E-state index in [1.165, 1.54) is 17.5 Å². The highest BCUT2D eigenvalue weighted by Crippen LogP contribution is 2.30. The molecule has 8 nitrogen and oxygen atoms in total. The van der Waals surface area contributed by atoms with Crippen molar-refractivity contribution in [3.05, 3.63) is 95.0 Å². The summed E-state index contributed by atoms with van der Waals surface area (Å²) >= 11 is 6.23. The van der Waals surface area contributed by atoms with Gasteiger partial charge in [0.15, 0.2) is 0 Å². The number of likely N-dealkylation sites (N-methyl/N-ethyl adjacent to an activating group) is 1. The summed E-state index contributed by atoms with van der Waals surface area (Å²) in [6.07, 6.45) is 1.74. The molecule has 0 bridgehead atoms. The van der Waals surface area contributed by atoms with Gasteiger partial charge in [0.1, 0.15) is 11.8 Å². The van der Waals surface area contributed by atoms with E-state index in [2.05, 4.69) is 5.32 Å². The Kier molecular flexibility index (Phi) is 10.8. The Bertz CT molecular complexity index is 1350. The van der Waals surface area contributed by atoms with Crippen molar-refractivity contribution in [2.75, 3.05) is 31.3 Å². The van der Waals surface area contributed by atoms with Crippen LogP contribution >= 0.6 is 11.6 Å². The molecular formula is C29H34ClN3O5S. The van der Waals surface area contributed by atoms with Crippen LogP contribution in [0.1, 0.15) is 24.0 Å². The van der Waals surface area contributed by atoms with Gasteiger partial charge >= 0.3 is 0 Å². The summed E-state index contributed by atoms with van der Waals surface area (Å²) in [5.74, 6) is -0.0855. The van der Waals surface area contributed by atoms with Gasteiger partial charge in [-0.25, -0.2) is 8.42 Å². The third-order valence-electron chi connectivity index (χ3n) is 6.29.